The van der Waals surface area contributed by atoms with Crippen LogP contribution in [0.3, 0.4) is 0 Å². The number of fused-ring (bicyclic) bond motifs is 1. The minimum absolute atomic E-state index is 0.225. The first-order valence-electron chi connectivity index (χ1n) is 6.89. The van der Waals surface area contributed by atoms with E-state index >= 15 is 0 Å². The molecular weight excluding hydrogens is 272 g/mol. The number of carbonyl (C=O) groups excluding carboxylic acids is 1. The molecule has 1 aromatic carbocycles. The van der Waals surface area contributed by atoms with Gasteiger partial charge in [0.15, 0.2) is 11.5 Å². The average Bonchev–Trinajstić information content (AvgIpc) is 3.00. The molecule has 0 aliphatic carbocycles. The van der Waals surface area contributed by atoms with Crippen LogP contribution in [0.25, 0.3) is 0 Å². The lowest BCUT2D eigenvalue weighted by Crippen LogP contribution is -2.43. The number of nitrogens with zero attached hydrogens (tertiary/aromatic N) is 1. The minimum Gasteiger partial charge on any atom is -0.454 e. The van der Waals surface area contributed by atoms with E-state index in [9.17, 15) is 10.1 Å². The van der Waals surface area contributed by atoms with Gasteiger partial charge in [-0.2, -0.15) is 5.26 Å². The van der Waals surface area contributed by atoms with E-state index < -0.39 is 5.41 Å². The van der Waals surface area contributed by atoms with Crippen molar-refractivity contribution in [1.82, 2.24) is 5.32 Å². The van der Waals surface area contributed by atoms with Gasteiger partial charge in [0, 0.05) is 19.8 Å². The molecule has 1 N–H and O–H groups in total. The number of ether oxygens (including phenoxy) is 3. The Morgan fingerprint density at radius 2 is 2.05 bits per heavy atom. The van der Waals surface area contributed by atoms with Crippen molar-refractivity contribution in [3.05, 3.63) is 23.8 Å². The summed E-state index contributed by atoms with van der Waals surface area (Å²) in [5.41, 5.74) is -0.0537. The normalized spacial score (nSPS) is 18.8. The summed E-state index contributed by atoms with van der Waals surface area (Å²) in [6.07, 6.45) is 0.882. The molecule has 0 spiro atoms. The number of nitriles is 1. The summed E-state index contributed by atoms with van der Waals surface area (Å²) in [6, 6.07) is 7.69. The molecule has 0 atom stereocenters. The van der Waals surface area contributed by atoms with E-state index in [1.165, 1.54) is 0 Å². The number of hydrogen-bond acceptors (Lipinski definition) is 5. The summed E-state index contributed by atoms with van der Waals surface area (Å²) in [5.74, 6) is 1.16. The van der Waals surface area contributed by atoms with E-state index in [-0.39, 0.29) is 12.7 Å². The molecule has 0 radical (unpaired) electrons. The Balaban J connectivity index is 1.64. The van der Waals surface area contributed by atoms with Gasteiger partial charge in [-0.05, 0) is 30.5 Å². The second-order valence-electron chi connectivity index (χ2n) is 5.18. The third-order valence-corrected chi connectivity index (χ3v) is 3.89. The predicted octanol–water partition coefficient (Wildman–Crippen LogP) is 1.35. The minimum atomic E-state index is -0.964. The molecule has 110 valence electrons. The van der Waals surface area contributed by atoms with Crippen LogP contribution >= 0.6 is 0 Å². The number of nitrogens with one attached hydrogen (secondary N) is 1. The van der Waals surface area contributed by atoms with Crippen LogP contribution in [0.5, 0.6) is 11.5 Å². The highest BCUT2D eigenvalue weighted by Gasteiger charge is 2.40. The van der Waals surface area contributed by atoms with E-state index in [4.69, 9.17) is 14.2 Å². The van der Waals surface area contributed by atoms with Crippen molar-refractivity contribution in [2.75, 3.05) is 20.0 Å². The fraction of sp³-hybridized carbons (Fsp3) is 0.467. The molecule has 2 heterocycles. The average molecular weight is 288 g/mol. The summed E-state index contributed by atoms with van der Waals surface area (Å²) in [6.45, 7) is 1.48. The fourth-order valence-electron chi connectivity index (χ4n) is 2.51. The Hall–Kier alpha value is -2.26. The molecule has 1 saturated heterocycles. The maximum absolute atomic E-state index is 12.3. The van der Waals surface area contributed by atoms with Crippen LogP contribution in [-0.4, -0.2) is 25.9 Å². The zero-order valence-corrected chi connectivity index (χ0v) is 11.6. The molecule has 3 rings (SSSR count). The van der Waals surface area contributed by atoms with Gasteiger partial charge >= 0.3 is 0 Å². The van der Waals surface area contributed by atoms with Gasteiger partial charge in [-0.15, -0.1) is 0 Å². The van der Waals surface area contributed by atoms with E-state index in [0.29, 0.717) is 44.1 Å². The Labute approximate surface area is 122 Å². The number of benzene rings is 1. The van der Waals surface area contributed by atoms with Gasteiger partial charge in [-0.1, -0.05) is 6.07 Å². The lowest BCUT2D eigenvalue weighted by molar-refractivity contribution is -0.132. The second-order valence-corrected chi connectivity index (χ2v) is 5.18. The van der Waals surface area contributed by atoms with Crippen molar-refractivity contribution in [1.29, 1.82) is 5.26 Å². The standard InChI is InChI=1S/C15H16N2O4/c16-9-15(3-5-19-6-4-15)14(18)17-8-11-1-2-12-13(7-11)21-10-20-12/h1-2,7H,3-6,8,10H2,(H,17,18). The largest absolute Gasteiger partial charge is 0.454 e. The van der Waals surface area contributed by atoms with Crippen molar-refractivity contribution in [2.45, 2.75) is 19.4 Å². The summed E-state index contributed by atoms with van der Waals surface area (Å²) < 4.78 is 15.8. The number of carbonyl (C=O) groups is 1. The Morgan fingerprint density at radius 1 is 1.29 bits per heavy atom. The molecule has 0 bridgehead atoms. The number of amides is 1. The zero-order valence-electron chi connectivity index (χ0n) is 11.6. The van der Waals surface area contributed by atoms with Crippen LogP contribution in [0, 0.1) is 16.7 Å². The van der Waals surface area contributed by atoms with Crippen LogP contribution in [0.2, 0.25) is 0 Å². The maximum Gasteiger partial charge on any atom is 0.240 e. The lowest BCUT2D eigenvalue weighted by atomic mass is 9.81. The van der Waals surface area contributed by atoms with Gasteiger partial charge in [0.05, 0.1) is 6.07 Å². The smallest absolute Gasteiger partial charge is 0.240 e. The fourth-order valence-corrected chi connectivity index (χ4v) is 2.51. The SMILES string of the molecule is N#CC1(C(=O)NCc2ccc3c(c2)OCO3)CCOCC1. The maximum atomic E-state index is 12.3. The van der Waals surface area contributed by atoms with E-state index in [2.05, 4.69) is 11.4 Å². The second kappa shape index (κ2) is 5.62. The van der Waals surface area contributed by atoms with Crippen molar-refractivity contribution < 1.29 is 19.0 Å². The van der Waals surface area contributed by atoms with Gasteiger partial charge in [-0.25, -0.2) is 0 Å². The van der Waals surface area contributed by atoms with Crippen LogP contribution < -0.4 is 14.8 Å². The van der Waals surface area contributed by atoms with Gasteiger partial charge in [0.1, 0.15) is 5.41 Å². The quantitative estimate of drug-likeness (QED) is 0.908. The van der Waals surface area contributed by atoms with E-state index in [0.717, 1.165) is 5.56 Å². The molecule has 6 nitrogen and oxygen atoms in total. The molecule has 0 saturated carbocycles. The predicted molar refractivity (Wildman–Crippen MR) is 72.5 cm³/mol. The third kappa shape index (κ3) is 2.65. The third-order valence-electron chi connectivity index (χ3n) is 3.89. The first-order chi connectivity index (χ1) is 10.2. The molecule has 1 fully saturated rings. The molecule has 2 aliphatic heterocycles. The van der Waals surface area contributed by atoms with Crippen molar-refractivity contribution in [3.63, 3.8) is 0 Å². The molecule has 0 unspecified atom stereocenters. The molecule has 2 aliphatic rings. The Bertz CT molecular complexity index is 588. The van der Waals surface area contributed by atoms with Crippen LogP contribution in [0.4, 0.5) is 0 Å². The van der Waals surface area contributed by atoms with Gasteiger partial charge in [0.25, 0.3) is 0 Å². The monoisotopic (exact) mass is 288 g/mol. The number of hydrogen-bond donors (Lipinski definition) is 1. The zero-order chi connectivity index (χ0) is 14.7. The molecule has 1 amide bonds. The van der Waals surface area contributed by atoms with Gasteiger partial charge in [-0.3, -0.25) is 4.79 Å². The molecule has 21 heavy (non-hydrogen) atoms. The highest BCUT2D eigenvalue weighted by atomic mass is 16.7. The topological polar surface area (TPSA) is 80.6 Å². The van der Waals surface area contributed by atoms with Crippen molar-refractivity contribution >= 4 is 5.91 Å². The van der Waals surface area contributed by atoms with Crippen LogP contribution in [0.15, 0.2) is 18.2 Å². The van der Waals surface area contributed by atoms with E-state index in [1.54, 1.807) is 0 Å². The van der Waals surface area contributed by atoms with Crippen molar-refractivity contribution in [2.24, 2.45) is 5.41 Å². The summed E-state index contributed by atoms with van der Waals surface area (Å²) in [7, 11) is 0. The van der Waals surface area contributed by atoms with Crippen molar-refractivity contribution in [3.8, 4) is 17.6 Å². The summed E-state index contributed by atoms with van der Waals surface area (Å²) in [5, 5.41) is 12.2. The Kier molecular flexibility index (Phi) is 3.67. The van der Waals surface area contributed by atoms with Crippen LogP contribution in [-0.2, 0) is 16.1 Å². The molecular formula is C15H16N2O4. The Morgan fingerprint density at radius 3 is 2.81 bits per heavy atom. The number of rotatable bonds is 3. The van der Waals surface area contributed by atoms with Gasteiger partial charge < -0.3 is 19.5 Å². The molecule has 1 aromatic rings. The van der Waals surface area contributed by atoms with Crippen LogP contribution in [0.1, 0.15) is 18.4 Å². The highest BCUT2D eigenvalue weighted by Crippen LogP contribution is 2.33. The van der Waals surface area contributed by atoms with Gasteiger partial charge in [0.2, 0.25) is 12.7 Å². The van der Waals surface area contributed by atoms with E-state index in [1.807, 2.05) is 18.2 Å². The lowest BCUT2D eigenvalue weighted by Gasteiger charge is -2.29. The first kappa shape index (κ1) is 13.7. The highest BCUT2D eigenvalue weighted by molar-refractivity contribution is 5.85. The molecule has 0 aromatic heterocycles. The first-order valence-corrected chi connectivity index (χ1v) is 6.89. The molecule has 6 heteroatoms. The summed E-state index contributed by atoms with van der Waals surface area (Å²) >= 11 is 0. The summed E-state index contributed by atoms with van der Waals surface area (Å²) in [4.78, 5) is 12.3.